The third kappa shape index (κ3) is 3.94. The lowest BCUT2D eigenvalue weighted by Crippen LogP contribution is -2.39. The van der Waals surface area contributed by atoms with Crippen molar-refractivity contribution in [2.45, 2.75) is 29.8 Å². The predicted octanol–water partition coefficient (Wildman–Crippen LogP) is 3.45. The van der Waals surface area contributed by atoms with Gasteiger partial charge in [0.15, 0.2) is 0 Å². The van der Waals surface area contributed by atoms with Gasteiger partial charge in [0.2, 0.25) is 10.0 Å². The molecule has 1 aliphatic heterocycles. The van der Waals surface area contributed by atoms with Gasteiger partial charge in [-0.15, -0.1) is 0 Å². The van der Waals surface area contributed by atoms with Gasteiger partial charge in [-0.05, 0) is 25.0 Å². The van der Waals surface area contributed by atoms with E-state index in [2.05, 4.69) is 20.2 Å². The van der Waals surface area contributed by atoms with Crippen LogP contribution in [0.4, 0.5) is 13.2 Å². The number of piperidine rings is 1. The van der Waals surface area contributed by atoms with E-state index in [1.807, 2.05) is 0 Å². The highest BCUT2D eigenvalue weighted by Crippen LogP contribution is 2.36. The van der Waals surface area contributed by atoms with Gasteiger partial charge in [-0.25, -0.2) is 8.42 Å². The first-order valence-corrected chi connectivity index (χ1v) is 10.7. The molecule has 1 aromatic carbocycles. The monoisotopic (exact) mass is 437 g/mol. The standard InChI is InChI=1S/C19H18F3N5O2S/c20-19(21,22)15-5-1-3-13(9-15)17-18(24-7-6-23-17)14-4-2-8-27(12-14)30(28,29)16-10-25-26-11-16/h1,3,5-7,9-11,14H,2,4,8,12H2,(H,25,26)/t14-/m0/s1. The van der Waals surface area contributed by atoms with Gasteiger partial charge in [0.05, 0.1) is 23.1 Å². The summed E-state index contributed by atoms with van der Waals surface area (Å²) < 4.78 is 66.5. The molecule has 158 valence electrons. The normalized spacial score (nSPS) is 18.4. The van der Waals surface area contributed by atoms with Crippen molar-refractivity contribution in [3.63, 3.8) is 0 Å². The molecule has 4 rings (SSSR count). The molecule has 0 spiro atoms. The van der Waals surface area contributed by atoms with Crippen LogP contribution < -0.4 is 0 Å². The molecule has 1 N–H and O–H groups in total. The number of rotatable bonds is 4. The SMILES string of the molecule is O=S(=O)(c1cn[nH]c1)N1CCC[C@H](c2nccnc2-c2cccc(C(F)(F)F)c2)C1. The Kier molecular flexibility index (Phi) is 5.33. The van der Waals surface area contributed by atoms with Gasteiger partial charge in [-0.2, -0.15) is 22.6 Å². The van der Waals surface area contributed by atoms with Crippen molar-refractivity contribution in [2.75, 3.05) is 13.1 Å². The minimum atomic E-state index is -4.47. The van der Waals surface area contributed by atoms with Crippen LogP contribution in [0.15, 0.2) is 53.9 Å². The largest absolute Gasteiger partial charge is 0.416 e. The van der Waals surface area contributed by atoms with Crippen molar-refractivity contribution in [3.05, 3.63) is 60.3 Å². The van der Waals surface area contributed by atoms with Gasteiger partial charge in [0, 0.05) is 43.2 Å². The van der Waals surface area contributed by atoms with E-state index in [0.717, 1.165) is 12.1 Å². The third-order valence-corrected chi connectivity index (χ3v) is 6.90. The van der Waals surface area contributed by atoms with E-state index in [0.29, 0.717) is 36.3 Å². The molecule has 7 nitrogen and oxygen atoms in total. The Hall–Kier alpha value is -2.79. The molecule has 1 fully saturated rings. The number of nitrogens with zero attached hydrogens (tertiary/aromatic N) is 4. The molecule has 0 bridgehead atoms. The number of hydrogen-bond acceptors (Lipinski definition) is 5. The minimum Gasteiger partial charge on any atom is -0.284 e. The topological polar surface area (TPSA) is 91.8 Å². The summed E-state index contributed by atoms with van der Waals surface area (Å²) >= 11 is 0. The van der Waals surface area contributed by atoms with Crippen LogP contribution in [-0.2, 0) is 16.2 Å². The fourth-order valence-corrected chi connectivity index (χ4v) is 5.06. The summed E-state index contributed by atoms with van der Waals surface area (Å²) in [5.74, 6) is -0.293. The van der Waals surface area contributed by atoms with Crippen LogP contribution in [0.3, 0.4) is 0 Å². The molecule has 1 atom stereocenters. The summed E-state index contributed by atoms with van der Waals surface area (Å²) in [6.07, 6.45) is 2.23. The molecule has 11 heteroatoms. The molecule has 1 aliphatic rings. The van der Waals surface area contributed by atoms with Crippen molar-refractivity contribution in [1.82, 2.24) is 24.5 Å². The number of halogens is 3. The van der Waals surface area contributed by atoms with E-state index >= 15 is 0 Å². The lowest BCUT2D eigenvalue weighted by molar-refractivity contribution is -0.137. The smallest absolute Gasteiger partial charge is 0.284 e. The number of alkyl halides is 3. The van der Waals surface area contributed by atoms with E-state index in [1.54, 1.807) is 6.07 Å². The fraction of sp³-hybridized carbons (Fsp3) is 0.316. The second kappa shape index (κ2) is 7.80. The Balaban J connectivity index is 1.68. The van der Waals surface area contributed by atoms with Crippen LogP contribution in [0.5, 0.6) is 0 Å². The van der Waals surface area contributed by atoms with Crippen LogP contribution in [0.25, 0.3) is 11.3 Å². The molecule has 0 aliphatic carbocycles. The average Bonchev–Trinajstić information content (AvgIpc) is 3.29. The summed E-state index contributed by atoms with van der Waals surface area (Å²) in [6, 6.07) is 4.91. The Labute approximate surface area is 171 Å². The van der Waals surface area contributed by atoms with Crippen LogP contribution in [-0.4, -0.2) is 46.0 Å². The summed E-state index contributed by atoms with van der Waals surface area (Å²) in [6.45, 7) is 0.515. The van der Waals surface area contributed by atoms with Gasteiger partial charge < -0.3 is 0 Å². The van der Waals surface area contributed by atoms with Crippen molar-refractivity contribution in [2.24, 2.45) is 0 Å². The minimum absolute atomic E-state index is 0.0698. The van der Waals surface area contributed by atoms with Crippen LogP contribution >= 0.6 is 0 Å². The summed E-state index contributed by atoms with van der Waals surface area (Å²) in [4.78, 5) is 8.71. The zero-order chi connectivity index (χ0) is 21.4. The van der Waals surface area contributed by atoms with Gasteiger partial charge >= 0.3 is 6.18 Å². The van der Waals surface area contributed by atoms with Crippen molar-refractivity contribution < 1.29 is 21.6 Å². The molecule has 0 radical (unpaired) electrons. The maximum Gasteiger partial charge on any atom is 0.416 e. The molecule has 3 aromatic rings. The first kappa shape index (κ1) is 20.5. The van der Waals surface area contributed by atoms with Crippen molar-refractivity contribution in [3.8, 4) is 11.3 Å². The molecular weight excluding hydrogens is 419 g/mol. The number of aromatic nitrogens is 4. The van der Waals surface area contributed by atoms with Gasteiger partial charge in [0.1, 0.15) is 4.90 Å². The molecule has 0 unspecified atom stereocenters. The van der Waals surface area contributed by atoms with Crippen LogP contribution in [0.1, 0.15) is 30.0 Å². The van der Waals surface area contributed by atoms with Crippen LogP contribution in [0, 0.1) is 0 Å². The van der Waals surface area contributed by atoms with E-state index in [4.69, 9.17) is 0 Å². The Morgan fingerprint density at radius 3 is 2.70 bits per heavy atom. The van der Waals surface area contributed by atoms with E-state index in [9.17, 15) is 21.6 Å². The third-order valence-electron chi connectivity index (χ3n) is 5.07. The van der Waals surface area contributed by atoms with E-state index < -0.39 is 21.8 Å². The highest BCUT2D eigenvalue weighted by molar-refractivity contribution is 7.89. The molecule has 1 saturated heterocycles. The molecular formula is C19H18F3N5O2S. The number of sulfonamides is 1. The fourth-order valence-electron chi connectivity index (χ4n) is 3.63. The van der Waals surface area contributed by atoms with Crippen molar-refractivity contribution in [1.29, 1.82) is 0 Å². The molecule has 30 heavy (non-hydrogen) atoms. The number of benzene rings is 1. The second-order valence-corrected chi connectivity index (χ2v) is 8.94. The highest BCUT2D eigenvalue weighted by atomic mass is 32.2. The molecule has 0 saturated carbocycles. The Bertz CT molecular complexity index is 1130. The number of H-pyrrole nitrogens is 1. The first-order chi connectivity index (χ1) is 14.3. The lowest BCUT2D eigenvalue weighted by atomic mass is 9.92. The predicted molar refractivity (Wildman–Crippen MR) is 102 cm³/mol. The number of aromatic amines is 1. The van der Waals surface area contributed by atoms with Gasteiger partial charge in [-0.1, -0.05) is 12.1 Å². The summed E-state index contributed by atoms with van der Waals surface area (Å²) in [5, 5.41) is 6.19. The van der Waals surface area contributed by atoms with E-state index in [-0.39, 0.29) is 17.4 Å². The zero-order valence-corrected chi connectivity index (χ0v) is 16.5. The molecule has 2 aromatic heterocycles. The van der Waals surface area contributed by atoms with Gasteiger partial charge in [0.25, 0.3) is 0 Å². The van der Waals surface area contributed by atoms with Crippen LogP contribution in [0.2, 0.25) is 0 Å². The average molecular weight is 437 g/mol. The molecule has 3 heterocycles. The maximum absolute atomic E-state index is 13.1. The quantitative estimate of drug-likeness (QED) is 0.675. The summed E-state index contributed by atoms with van der Waals surface area (Å²) in [7, 11) is -3.72. The van der Waals surface area contributed by atoms with Crippen molar-refractivity contribution >= 4 is 10.0 Å². The van der Waals surface area contributed by atoms with E-state index in [1.165, 1.54) is 35.2 Å². The van der Waals surface area contributed by atoms with Gasteiger partial charge in [-0.3, -0.25) is 15.1 Å². The first-order valence-electron chi connectivity index (χ1n) is 9.24. The Morgan fingerprint density at radius 2 is 1.97 bits per heavy atom. The number of hydrogen-bond donors (Lipinski definition) is 1. The lowest BCUT2D eigenvalue weighted by Gasteiger charge is -2.31. The highest BCUT2D eigenvalue weighted by Gasteiger charge is 2.34. The maximum atomic E-state index is 13.1. The second-order valence-electron chi connectivity index (χ2n) is 7.00. The Morgan fingerprint density at radius 1 is 1.17 bits per heavy atom. The molecule has 0 amide bonds. The zero-order valence-electron chi connectivity index (χ0n) is 15.7. The number of nitrogens with one attached hydrogen (secondary N) is 1. The summed E-state index contributed by atoms with van der Waals surface area (Å²) in [5.41, 5.74) is 0.340.